The Bertz CT molecular complexity index is 641. The van der Waals surface area contributed by atoms with E-state index in [-0.39, 0.29) is 5.91 Å². The predicted octanol–water partition coefficient (Wildman–Crippen LogP) is 1.79. The van der Waals surface area contributed by atoms with Gasteiger partial charge in [-0.05, 0) is 24.1 Å². The lowest BCUT2D eigenvalue weighted by Crippen LogP contribution is -2.47. The van der Waals surface area contributed by atoms with Gasteiger partial charge < -0.3 is 9.88 Å². The Morgan fingerprint density at radius 3 is 2.71 bits per heavy atom. The summed E-state index contributed by atoms with van der Waals surface area (Å²) in [5, 5.41) is 0. The summed E-state index contributed by atoms with van der Waals surface area (Å²) in [6.45, 7) is 8.08. The number of H-pyrrole nitrogens is 1. The van der Waals surface area contributed by atoms with E-state index in [0.717, 1.165) is 56.0 Å². The van der Waals surface area contributed by atoms with Gasteiger partial charge in [-0.25, -0.2) is 4.98 Å². The van der Waals surface area contributed by atoms with E-state index in [2.05, 4.69) is 40.0 Å². The average Bonchev–Trinajstić information content (AvgIpc) is 2.88. The van der Waals surface area contributed by atoms with Gasteiger partial charge in [0, 0.05) is 33.1 Å². The van der Waals surface area contributed by atoms with Gasteiger partial charge in [-0.15, -0.1) is 0 Å². The van der Waals surface area contributed by atoms with Crippen molar-refractivity contribution in [2.24, 2.45) is 0 Å². The molecule has 0 bridgehead atoms. The third-order valence-corrected chi connectivity index (χ3v) is 4.19. The first-order chi connectivity index (χ1) is 10.2. The van der Waals surface area contributed by atoms with Crippen LogP contribution in [0.15, 0.2) is 18.2 Å². The molecule has 3 rings (SSSR count). The van der Waals surface area contributed by atoms with Crippen molar-refractivity contribution in [1.82, 2.24) is 19.8 Å². The highest BCUT2D eigenvalue weighted by molar-refractivity contribution is 5.76. The molecule has 1 aliphatic heterocycles. The molecule has 1 aromatic heterocycles. The fraction of sp³-hybridized carbons (Fsp3) is 0.500. The maximum Gasteiger partial charge on any atom is 0.219 e. The first kappa shape index (κ1) is 14.1. The molecule has 1 fully saturated rings. The minimum absolute atomic E-state index is 0.172. The van der Waals surface area contributed by atoms with Gasteiger partial charge in [-0.2, -0.15) is 0 Å². The van der Waals surface area contributed by atoms with E-state index in [1.165, 1.54) is 5.56 Å². The topological polar surface area (TPSA) is 52.2 Å². The van der Waals surface area contributed by atoms with Gasteiger partial charge in [-0.1, -0.05) is 13.0 Å². The van der Waals surface area contributed by atoms with E-state index in [1.807, 2.05) is 4.90 Å². The van der Waals surface area contributed by atoms with E-state index < -0.39 is 0 Å². The predicted molar refractivity (Wildman–Crippen MR) is 83.0 cm³/mol. The van der Waals surface area contributed by atoms with Crippen molar-refractivity contribution in [3.8, 4) is 0 Å². The fourth-order valence-electron chi connectivity index (χ4n) is 2.84. The standard InChI is InChI=1S/C16H22N4O/c1-3-13-4-5-14-15(10-13)18-16(17-14)11-19-6-8-20(9-7-19)12(2)21/h4-5,10H,3,6-9,11H2,1-2H3,(H,17,18). The highest BCUT2D eigenvalue weighted by Gasteiger charge is 2.19. The molecular weight excluding hydrogens is 264 g/mol. The first-order valence-electron chi connectivity index (χ1n) is 7.61. The van der Waals surface area contributed by atoms with Crippen LogP contribution in [0.4, 0.5) is 0 Å². The highest BCUT2D eigenvalue weighted by Crippen LogP contribution is 2.15. The number of nitrogens with one attached hydrogen (secondary N) is 1. The number of piperazine rings is 1. The molecule has 2 heterocycles. The monoisotopic (exact) mass is 286 g/mol. The van der Waals surface area contributed by atoms with Gasteiger partial charge in [0.1, 0.15) is 5.82 Å². The Morgan fingerprint density at radius 2 is 2.05 bits per heavy atom. The summed E-state index contributed by atoms with van der Waals surface area (Å²) < 4.78 is 0. The Labute approximate surface area is 125 Å². The number of imidazole rings is 1. The van der Waals surface area contributed by atoms with Crippen molar-refractivity contribution in [2.45, 2.75) is 26.8 Å². The van der Waals surface area contributed by atoms with E-state index in [1.54, 1.807) is 6.92 Å². The maximum atomic E-state index is 11.3. The van der Waals surface area contributed by atoms with E-state index >= 15 is 0 Å². The van der Waals surface area contributed by atoms with Gasteiger partial charge in [-0.3, -0.25) is 9.69 Å². The molecule has 0 radical (unpaired) electrons. The molecular formula is C16H22N4O. The van der Waals surface area contributed by atoms with Gasteiger partial charge in [0.25, 0.3) is 0 Å². The minimum atomic E-state index is 0.172. The highest BCUT2D eigenvalue weighted by atomic mass is 16.2. The lowest BCUT2D eigenvalue weighted by molar-refractivity contribution is -0.130. The summed E-state index contributed by atoms with van der Waals surface area (Å²) in [5.41, 5.74) is 3.48. The molecule has 1 N–H and O–H groups in total. The Balaban J connectivity index is 1.67. The number of nitrogens with zero attached hydrogens (tertiary/aromatic N) is 3. The van der Waals surface area contributed by atoms with Crippen LogP contribution in [-0.2, 0) is 17.8 Å². The van der Waals surface area contributed by atoms with Crippen LogP contribution in [0.3, 0.4) is 0 Å². The van der Waals surface area contributed by atoms with Crippen LogP contribution >= 0.6 is 0 Å². The fourth-order valence-corrected chi connectivity index (χ4v) is 2.84. The number of hydrogen-bond donors (Lipinski definition) is 1. The first-order valence-corrected chi connectivity index (χ1v) is 7.61. The number of rotatable bonds is 3. The summed E-state index contributed by atoms with van der Waals surface area (Å²) in [7, 11) is 0. The largest absolute Gasteiger partial charge is 0.341 e. The van der Waals surface area contributed by atoms with Crippen LogP contribution in [0.2, 0.25) is 0 Å². The zero-order chi connectivity index (χ0) is 14.8. The van der Waals surface area contributed by atoms with Crippen LogP contribution in [0.5, 0.6) is 0 Å². The van der Waals surface area contributed by atoms with Gasteiger partial charge in [0.2, 0.25) is 5.91 Å². The number of aromatic amines is 1. The molecule has 1 aliphatic rings. The zero-order valence-electron chi connectivity index (χ0n) is 12.7. The maximum absolute atomic E-state index is 11.3. The summed E-state index contributed by atoms with van der Waals surface area (Å²) in [4.78, 5) is 23.7. The molecule has 0 unspecified atom stereocenters. The van der Waals surface area contributed by atoms with Gasteiger partial charge in [0.15, 0.2) is 0 Å². The lowest BCUT2D eigenvalue weighted by atomic mass is 10.1. The van der Waals surface area contributed by atoms with Crippen LogP contribution < -0.4 is 0 Å². The Kier molecular flexibility index (Phi) is 3.92. The number of fused-ring (bicyclic) bond motifs is 1. The molecule has 0 saturated carbocycles. The van der Waals surface area contributed by atoms with Crippen molar-refractivity contribution in [2.75, 3.05) is 26.2 Å². The van der Waals surface area contributed by atoms with Crippen molar-refractivity contribution >= 4 is 16.9 Å². The van der Waals surface area contributed by atoms with Crippen molar-refractivity contribution < 1.29 is 4.79 Å². The number of carbonyl (C=O) groups excluding carboxylic acids is 1. The molecule has 1 amide bonds. The molecule has 5 heteroatoms. The van der Waals surface area contributed by atoms with E-state index in [0.29, 0.717) is 0 Å². The summed E-state index contributed by atoms with van der Waals surface area (Å²) >= 11 is 0. The smallest absolute Gasteiger partial charge is 0.219 e. The molecule has 21 heavy (non-hydrogen) atoms. The molecule has 1 saturated heterocycles. The second-order valence-electron chi connectivity index (χ2n) is 5.67. The van der Waals surface area contributed by atoms with Crippen molar-refractivity contribution in [3.05, 3.63) is 29.6 Å². The molecule has 2 aromatic rings. The average molecular weight is 286 g/mol. The SMILES string of the molecule is CCc1ccc2nc(CN3CCN(C(C)=O)CC3)[nH]c2c1. The number of hydrogen-bond acceptors (Lipinski definition) is 3. The number of benzene rings is 1. The number of amides is 1. The summed E-state index contributed by atoms with van der Waals surface area (Å²) in [6, 6.07) is 6.40. The zero-order valence-corrected chi connectivity index (χ0v) is 12.7. The van der Waals surface area contributed by atoms with Crippen molar-refractivity contribution in [3.63, 3.8) is 0 Å². The Morgan fingerprint density at radius 1 is 1.29 bits per heavy atom. The normalized spacial score (nSPS) is 16.6. The van der Waals surface area contributed by atoms with E-state index in [4.69, 9.17) is 0 Å². The molecule has 0 atom stereocenters. The molecule has 112 valence electrons. The molecule has 5 nitrogen and oxygen atoms in total. The second-order valence-corrected chi connectivity index (χ2v) is 5.67. The number of aryl methyl sites for hydroxylation is 1. The second kappa shape index (κ2) is 5.85. The Hall–Kier alpha value is -1.88. The van der Waals surface area contributed by atoms with Crippen LogP contribution in [0, 0.1) is 0 Å². The third-order valence-electron chi connectivity index (χ3n) is 4.19. The quantitative estimate of drug-likeness (QED) is 0.936. The third kappa shape index (κ3) is 3.08. The summed E-state index contributed by atoms with van der Waals surface area (Å²) in [6.07, 6.45) is 1.04. The van der Waals surface area contributed by atoms with Crippen molar-refractivity contribution in [1.29, 1.82) is 0 Å². The van der Waals surface area contributed by atoms with Gasteiger partial charge >= 0.3 is 0 Å². The molecule has 0 spiro atoms. The van der Waals surface area contributed by atoms with Crippen LogP contribution in [0.1, 0.15) is 25.2 Å². The minimum Gasteiger partial charge on any atom is -0.341 e. The van der Waals surface area contributed by atoms with Crippen LogP contribution in [-0.4, -0.2) is 51.9 Å². The molecule has 1 aromatic carbocycles. The molecule has 0 aliphatic carbocycles. The van der Waals surface area contributed by atoms with Gasteiger partial charge in [0.05, 0.1) is 17.6 Å². The summed E-state index contributed by atoms with van der Waals surface area (Å²) in [5.74, 6) is 1.18. The lowest BCUT2D eigenvalue weighted by Gasteiger charge is -2.33. The van der Waals surface area contributed by atoms with E-state index in [9.17, 15) is 4.79 Å². The number of carbonyl (C=O) groups is 1. The van der Waals surface area contributed by atoms with Crippen LogP contribution in [0.25, 0.3) is 11.0 Å². The number of aromatic nitrogens is 2.